The summed E-state index contributed by atoms with van der Waals surface area (Å²) >= 11 is 0. The lowest BCUT2D eigenvalue weighted by Gasteiger charge is -2.12. The topological polar surface area (TPSA) is 99.0 Å². The van der Waals surface area contributed by atoms with E-state index in [1.54, 1.807) is 32.3 Å². The number of nitrogens with zero attached hydrogens (tertiary/aromatic N) is 2. The number of rotatable bonds is 7. The Hall–Kier alpha value is -2.83. The summed E-state index contributed by atoms with van der Waals surface area (Å²) in [5.74, 6) is 0.0792. The van der Waals surface area contributed by atoms with Crippen molar-refractivity contribution in [2.75, 3.05) is 14.1 Å². The first kappa shape index (κ1) is 18.5. The number of ether oxygens (including phenoxy) is 1. The van der Waals surface area contributed by atoms with Crippen LogP contribution in [0.1, 0.15) is 15.9 Å². The normalized spacial score (nSPS) is 10.5. The molecule has 2 aromatic rings. The summed E-state index contributed by atoms with van der Waals surface area (Å²) in [6.45, 7) is 0.0125. The molecule has 0 aliphatic rings. The Kier molecular flexibility index (Phi) is 6.16. The van der Waals surface area contributed by atoms with Gasteiger partial charge in [0.15, 0.2) is 0 Å². The number of carbonyl (C=O) groups excluding carboxylic acids is 1. The van der Waals surface area contributed by atoms with E-state index in [-0.39, 0.29) is 29.7 Å². The summed E-state index contributed by atoms with van der Waals surface area (Å²) in [4.78, 5) is 24.0. The van der Waals surface area contributed by atoms with Crippen molar-refractivity contribution in [1.29, 1.82) is 0 Å². The summed E-state index contributed by atoms with van der Waals surface area (Å²) in [5, 5.41) is 11.2. The van der Waals surface area contributed by atoms with E-state index in [0.717, 1.165) is 0 Å². The summed E-state index contributed by atoms with van der Waals surface area (Å²) in [7, 11) is 2.76. The molecule has 0 spiro atoms. The first-order chi connectivity index (χ1) is 11.9. The van der Waals surface area contributed by atoms with Gasteiger partial charge in [0, 0.05) is 25.7 Å². The van der Waals surface area contributed by atoms with Gasteiger partial charge >= 0.3 is 14.4 Å². The smallest absolute Gasteiger partial charge is 0.327 e. The molecule has 0 saturated carbocycles. The van der Waals surface area contributed by atoms with E-state index in [4.69, 9.17) is 9.26 Å². The Morgan fingerprint density at radius 2 is 2.00 bits per heavy atom. The molecular weight excluding hydrogens is 347 g/mol. The van der Waals surface area contributed by atoms with Crippen molar-refractivity contribution >= 4 is 20.3 Å². The number of carbonyl (C=O) groups is 1. The molecule has 9 heteroatoms. The summed E-state index contributed by atoms with van der Waals surface area (Å²) in [5.41, 5.74) is 0.729. The standard InChI is InChI=1S/C16H15N2O6P/c1-17(2)16(19)12-4-3-5-13(9-12)24-15-8-11(10-23-25-22)6-7-14(15)18(20)21/h3-9H,10H2,1-2H3. The Labute approximate surface area is 145 Å². The minimum atomic E-state index is -0.569. The maximum absolute atomic E-state index is 12.0. The molecule has 0 aromatic heterocycles. The predicted octanol–water partition coefficient (Wildman–Crippen LogP) is 3.81. The monoisotopic (exact) mass is 362 g/mol. The minimum Gasteiger partial charge on any atom is -0.450 e. The first-order valence-corrected chi connectivity index (χ1v) is 7.87. The van der Waals surface area contributed by atoms with Crippen LogP contribution in [0.25, 0.3) is 0 Å². The highest BCUT2D eigenvalue weighted by atomic mass is 31.1. The van der Waals surface area contributed by atoms with Crippen LogP contribution in [0.3, 0.4) is 0 Å². The van der Waals surface area contributed by atoms with E-state index in [1.807, 2.05) is 0 Å². The van der Waals surface area contributed by atoms with Crippen LogP contribution in [0, 0.1) is 10.1 Å². The largest absolute Gasteiger partial charge is 0.450 e. The Morgan fingerprint density at radius 1 is 1.24 bits per heavy atom. The molecule has 8 nitrogen and oxygen atoms in total. The van der Waals surface area contributed by atoms with Gasteiger partial charge in [-0.1, -0.05) is 6.07 Å². The van der Waals surface area contributed by atoms with Crippen LogP contribution in [0.2, 0.25) is 0 Å². The van der Waals surface area contributed by atoms with Gasteiger partial charge in [-0.3, -0.25) is 19.4 Å². The zero-order chi connectivity index (χ0) is 18.4. The fourth-order valence-electron chi connectivity index (χ4n) is 2.06. The number of nitro benzene ring substituents is 1. The zero-order valence-electron chi connectivity index (χ0n) is 13.5. The van der Waals surface area contributed by atoms with Crippen molar-refractivity contribution in [3.63, 3.8) is 0 Å². The van der Waals surface area contributed by atoms with Gasteiger partial charge in [0.25, 0.3) is 5.91 Å². The highest BCUT2D eigenvalue weighted by Gasteiger charge is 2.17. The molecule has 2 aromatic carbocycles. The van der Waals surface area contributed by atoms with Crippen molar-refractivity contribution in [3.05, 3.63) is 63.7 Å². The lowest BCUT2D eigenvalue weighted by Crippen LogP contribution is -2.21. The van der Waals surface area contributed by atoms with Crippen LogP contribution in [0.5, 0.6) is 11.5 Å². The van der Waals surface area contributed by atoms with Crippen LogP contribution in [-0.4, -0.2) is 29.8 Å². The maximum atomic E-state index is 12.0. The van der Waals surface area contributed by atoms with Crippen molar-refractivity contribution < 1.29 is 23.5 Å². The summed E-state index contributed by atoms with van der Waals surface area (Å²) in [6.07, 6.45) is 0. The van der Waals surface area contributed by atoms with Gasteiger partial charge in [0.2, 0.25) is 5.75 Å². The number of hydrogen-bond acceptors (Lipinski definition) is 6. The highest BCUT2D eigenvalue weighted by Crippen LogP contribution is 2.33. The van der Waals surface area contributed by atoms with E-state index in [9.17, 15) is 19.5 Å². The van der Waals surface area contributed by atoms with Gasteiger partial charge in [0.1, 0.15) is 5.75 Å². The highest BCUT2D eigenvalue weighted by molar-refractivity contribution is 7.17. The maximum Gasteiger partial charge on any atom is 0.327 e. The Morgan fingerprint density at radius 3 is 2.64 bits per heavy atom. The summed E-state index contributed by atoms with van der Waals surface area (Å²) < 4.78 is 20.7. The van der Waals surface area contributed by atoms with Crippen LogP contribution in [0.15, 0.2) is 42.5 Å². The van der Waals surface area contributed by atoms with Gasteiger partial charge in [0.05, 0.1) is 11.5 Å². The van der Waals surface area contributed by atoms with E-state index < -0.39 is 13.6 Å². The fraction of sp³-hybridized carbons (Fsp3) is 0.188. The molecular formula is C16H15N2O6P. The average molecular weight is 362 g/mol. The molecule has 0 aliphatic carbocycles. The third-order valence-corrected chi connectivity index (χ3v) is 3.45. The van der Waals surface area contributed by atoms with Crippen LogP contribution in [-0.2, 0) is 15.7 Å². The molecule has 0 fully saturated rings. The third-order valence-electron chi connectivity index (χ3n) is 3.22. The number of benzene rings is 2. The van der Waals surface area contributed by atoms with Gasteiger partial charge in [-0.25, -0.2) is 4.57 Å². The van der Waals surface area contributed by atoms with Gasteiger partial charge < -0.3 is 9.64 Å². The quantitative estimate of drug-likeness (QED) is 0.422. The average Bonchev–Trinajstić information content (AvgIpc) is 2.59. The molecule has 0 N–H and O–H groups in total. The minimum absolute atomic E-state index is 0.00289. The van der Waals surface area contributed by atoms with E-state index >= 15 is 0 Å². The molecule has 130 valence electrons. The lowest BCUT2D eigenvalue weighted by molar-refractivity contribution is -0.385. The van der Waals surface area contributed by atoms with Gasteiger partial charge in [-0.2, -0.15) is 0 Å². The second kappa shape index (κ2) is 8.32. The second-order valence-electron chi connectivity index (χ2n) is 5.24. The molecule has 0 aliphatic heterocycles. The SMILES string of the molecule is CN(C)C(=O)c1cccc(Oc2cc(COP=O)ccc2[N+](=O)[O-])c1. The molecule has 0 unspecified atom stereocenters. The molecule has 2 rings (SSSR count). The van der Waals surface area contributed by atoms with Crippen molar-refractivity contribution in [3.8, 4) is 11.5 Å². The van der Waals surface area contributed by atoms with Crippen LogP contribution >= 0.6 is 8.69 Å². The molecule has 0 atom stereocenters. The van der Waals surface area contributed by atoms with Gasteiger partial charge in [-0.05, 0) is 35.9 Å². The molecule has 0 heterocycles. The Bertz CT molecular complexity index is 809. The zero-order valence-corrected chi connectivity index (χ0v) is 14.4. The second-order valence-corrected chi connectivity index (χ2v) is 5.64. The molecule has 25 heavy (non-hydrogen) atoms. The first-order valence-electron chi connectivity index (χ1n) is 7.14. The molecule has 1 amide bonds. The third kappa shape index (κ3) is 4.82. The van der Waals surface area contributed by atoms with Crippen molar-refractivity contribution in [2.45, 2.75) is 6.61 Å². The molecule has 0 bridgehead atoms. The molecule has 0 radical (unpaired) electrons. The fourth-order valence-corrected chi connectivity index (χ4v) is 2.26. The predicted molar refractivity (Wildman–Crippen MR) is 90.0 cm³/mol. The van der Waals surface area contributed by atoms with E-state index in [1.165, 1.54) is 29.2 Å². The lowest BCUT2D eigenvalue weighted by atomic mass is 10.2. The van der Waals surface area contributed by atoms with E-state index in [0.29, 0.717) is 11.1 Å². The van der Waals surface area contributed by atoms with Crippen LogP contribution in [0.4, 0.5) is 5.69 Å². The Balaban J connectivity index is 2.34. The molecule has 0 saturated heterocycles. The van der Waals surface area contributed by atoms with Crippen LogP contribution < -0.4 is 4.74 Å². The van der Waals surface area contributed by atoms with Gasteiger partial charge in [-0.15, -0.1) is 0 Å². The number of amides is 1. The van der Waals surface area contributed by atoms with Crippen molar-refractivity contribution in [2.24, 2.45) is 0 Å². The van der Waals surface area contributed by atoms with E-state index in [2.05, 4.69) is 0 Å². The number of hydrogen-bond donors (Lipinski definition) is 0. The number of nitro groups is 1. The summed E-state index contributed by atoms with van der Waals surface area (Å²) in [6, 6.07) is 10.6. The van der Waals surface area contributed by atoms with Crippen molar-refractivity contribution in [1.82, 2.24) is 4.90 Å².